The van der Waals surface area contributed by atoms with Crippen molar-refractivity contribution < 1.29 is 14.3 Å². The third-order valence-corrected chi connectivity index (χ3v) is 1.90. The van der Waals surface area contributed by atoms with Crippen molar-refractivity contribution in [3.63, 3.8) is 0 Å². The summed E-state index contributed by atoms with van der Waals surface area (Å²) in [7, 11) is 0. The third-order valence-electron chi connectivity index (χ3n) is 1.90. The van der Waals surface area contributed by atoms with Gasteiger partial charge in [0.1, 0.15) is 0 Å². The first-order valence-corrected chi connectivity index (χ1v) is 5.03. The third kappa shape index (κ3) is 4.49. The maximum atomic E-state index is 11.2. The van der Waals surface area contributed by atoms with Gasteiger partial charge in [0.2, 0.25) is 0 Å². The summed E-state index contributed by atoms with van der Waals surface area (Å²) in [6.45, 7) is 2.52. The number of hydrogen-bond acceptors (Lipinski definition) is 3. The molecule has 5 heteroatoms. The second-order valence-corrected chi connectivity index (χ2v) is 3.25. The standard InChI is InChI=1S/C10H14N2O3/c1-2-3-4-5-15-9(13)6-8-7-11-10(14)12-8/h7H,2-6H2,1H3. The molecule has 0 aliphatic carbocycles. The van der Waals surface area contributed by atoms with E-state index < -0.39 is 6.03 Å². The number of rotatable bonds is 6. The van der Waals surface area contributed by atoms with Crippen LogP contribution in [-0.4, -0.2) is 30.5 Å². The van der Waals surface area contributed by atoms with Crippen LogP contribution >= 0.6 is 0 Å². The molecule has 0 atom stereocenters. The van der Waals surface area contributed by atoms with Crippen molar-refractivity contribution in [2.24, 2.45) is 9.98 Å². The molecule has 0 saturated heterocycles. The van der Waals surface area contributed by atoms with E-state index in [9.17, 15) is 9.59 Å². The molecule has 5 nitrogen and oxygen atoms in total. The Balaban J connectivity index is 2.16. The van der Waals surface area contributed by atoms with E-state index in [1.165, 1.54) is 6.21 Å². The molecule has 0 bridgehead atoms. The van der Waals surface area contributed by atoms with E-state index in [4.69, 9.17) is 4.74 Å². The van der Waals surface area contributed by atoms with E-state index in [0.29, 0.717) is 12.3 Å². The van der Waals surface area contributed by atoms with Crippen molar-refractivity contribution >= 4 is 23.9 Å². The van der Waals surface area contributed by atoms with Crippen molar-refractivity contribution in [2.75, 3.05) is 6.61 Å². The van der Waals surface area contributed by atoms with Gasteiger partial charge in [0.15, 0.2) is 0 Å². The maximum Gasteiger partial charge on any atom is 0.367 e. The fraction of sp³-hybridized carbons (Fsp3) is 0.600. The van der Waals surface area contributed by atoms with Gasteiger partial charge in [-0.05, 0) is 6.42 Å². The highest BCUT2D eigenvalue weighted by atomic mass is 16.5. The van der Waals surface area contributed by atoms with Gasteiger partial charge >= 0.3 is 12.0 Å². The van der Waals surface area contributed by atoms with Gasteiger partial charge < -0.3 is 4.74 Å². The molecule has 0 radical (unpaired) electrons. The molecule has 0 spiro atoms. The minimum atomic E-state index is -0.552. The summed E-state index contributed by atoms with van der Waals surface area (Å²) in [5.41, 5.74) is 0.375. The zero-order valence-corrected chi connectivity index (χ0v) is 8.73. The largest absolute Gasteiger partial charge is 0.465 e. The molecule has 15 heavy (non-hydrogen) atoms. The van der Waals surface area contributed by atoms with E-state index >= 15 is 0 Å². The zero-order chi connectivity index (χ0) is 11.1. The number of esters is 1. The molecule has 0 aromatic heterocycles. The summed E-state index contributed by atoms with van der Waals surface area (Å²) in [6.07, 6.45) is 4.35. The van der Waals surface area contributed by atoms with Gasteiger partial charge in [-0.2, -0.15) is 9.98 Å². The van der Waals surface area contributed by atoms with Crippen LogP contribution < -0.4 is 0 Å². The lowest BCUT2D eigenvalue weighted by Crippen LogP contribution is -2.11. The average molecular weight is 210 g/mol. The quantitative estimate of drug-likeness (QED) is 0.495. The van der Waals surface area contributed by atoms with Crippen molar-refractivity contribution in [2.45, 2.75) is 32.6 Å². The molecular formula is C10H14N2O3. The lowest BCUT2D eigenvalue weighted by Gasteiger charge is -2.02. The molecule has 82 valence electrons. The Kier molecular flexibility index (Phi) is 4.66. The lowest BCUT2D eigenvalue weighted by molar-refractivity contribution is -0.142. The number of ether oxygens (including phenoxy) is 1. The van der Waals surface area contributed by atoms with Crippen LogP contribution in [0.25, 0.3) is 0 Å². The van der Waals surface area contributed by atoms with E-state index in [2.05, 4.69) is 16.9 Å². The van der Waals surface area contributed by atoms with Gasteiger partial charge in [-0.25, -0.2) is 4.79 Å². The summed E-state index contributed by atoms with van der Waals surface area (Å²) in [6, 6.07) is -0.552. The summed E-state index contributed by atoms with van der Waals surface area (Å²) < 4.78 is 4.95. The minimum Gasteiger partial charge on any atom is -0.465 e. The molecule has 0 unspecified atom stereocenters. The number of nitrogens with zero attached hydrogens (tertiary/aromatic N) is 2. The molecule has 0 N–H and O–H groups in total. The Morgan fingerprint density at radius 1 is 1.47 bits per heavy atom. The van der Waals surface area contributed by atoms with Gasteiger partial charge in [0.25, 0.3) is 0 Å². The number of unbranched alkanes of at least 4 members (excludes halogenated alkanes) is 2. The summed E-state index contributed by atoms with van der Waals surface area (Å²) in [5, 5.41) is 0. The highest BCUT2D eigenvalue weighted by Gasteiger charge is 2.12. The first-order chi connectivity index (χ1) is 7.22. The highest BCUT2D eigenvalue weighted by molar-refractivity contribution is 6.40. The van der Waals surface area contributed by atoms with Crippen LogP contribution in [0.3, 0.4) is 0 Å². The molecule has 1 rings (SSSR count). The number of aliphatic imine (C=N–C) groups is 2. The first kappa shape index (κ1) is 11.6. The van der Waals surface area contributed by atoms with Gasteiger partial charge in [-0.1, -0.05) is 19.8 Å². The number of urea groups is 1. The van der Waals surface area contributed by atoms with Crippen molar-refractivity contribution in [1.29, 1.82) is 0 Å². The van der Waals surface area contributed by atoms with E-state index in [0.717, 1.165) is 19.3 Å². The molecule has 1 heterocycles. The van der Waals surface area contributed by atoms with Crippen LogP contribution in [0.2, 0.25) is 0 Å². The lowest BCUT2D eigenvalue weighted by atomic mass is 10.2. The minimum absolute atomic E-state index is 0.0291. The second kappa shape index (κ2) is 6.06. The van der Waals surface area contributed by atoms with Gasteiger partial charge in [-0.3, -0.25) is 4.79 Å². The Bertz CT molecular complexity index is 308. The molecule has 0 fully saturated rings. The van der Waals surface area contributed by atoms with Gasteiger partial charge in [0, 0.05) is 0 Å². The summed E-state index contributed by atoms with van der Waals surface area (Å²) >= 11 is 0. The SMILES string of the molecule is CCCCCOC(=O)CC1=NC(=O)N=C1. The Morgan fingerprint density at radius 3 is 2.87 bits per heavy atom. The zero-order valence-electron chi connectivity index (χ0n) is 8.73. The molecule has 0 aromatic rings. The van der Waals surface area contributed by atoms with E-state index in [1.807, 2.05) is 0 Å². The monoisotopic (exact) mass is 210 g/mol. The summed E-state index contributed by atoms with van der Waals surface area (Å²) in [5.74, 6) is -0.356. The predicted octanol–water partition coefficient (Wildman–Crippen LogP) is 1.76. The van der Waals surface area contributed by atoms with Crippen LogP contribution in [0.15, 0.2) is 9.98 Å². The van der Waals surface area contributed by atoms with Gasteiger partial charge in [-0.15, -0.1) is 0 Å². The average Bonchev–Trinajstić information content (AvgIpc) is 2.59. The maximum absolute atomic E-state index is 11.2. The molecule has 2 amide bonds. The van der Waals surface area contributed by atoms with Crippen molar-refractivity contribution in [3.8, 4) is 0 Å². The molecule has 0 aromatic carbocycles. The number of carbonyl (C=O) groups is 2. The highest BCUT2D eigenvalue weighted by Crippen LogP contribution is 2.00. The number of amides is 2. The van der Waals surface area contributed by atoms with Crippen LogP contribution in [0, 0.1) is 0 Å². The Morgan fingerprint density at radius 2 is 2.27 bits per heavy atom. The topological polar surface area (TPSA) is 68.1 Å². The van der Waals surface area contributed by atoms with Crippen LogP contribution in [0.1, 0.15) is 32.6 Å². The normalized spacial score (nSPS) is 14.2. The summed E-state index contributed by atoms with van der Waals surface area (Å²) in [4.78, 5) is 28.7. The van der Waals surface area contributed by atoms with Crippen LogP contribution in [-0.2, 0) is 9.53 Å². The Hall–Kier alpha value is -1.52. The van der Waals surface area contributed by atoms with Crippen molar-refractivity contribution in [1.82, 2.24) is 0 Å². The fourth-order valence-electron chi connectivity index (χ4n) is 1.13. The molecule has 1 aliphatic heterocycles. The van der Waals surface area contributed by atoms with Crippen LogP contribution in [0.5, 0.6) is 0 Å². The molecule has 0 saturated carbocycles. The Labute approximate surface area is 88.2 Å². The second-order valence-electron chi connectivity index (χ2n) is 3.25. The van der Waals surface area contributed by atoms with Gasteiger partial charge in [0.05, 0.1) is 25.0 Å². The van der Waals surface area contributed by atoms with E-state index in [1.54, 1.807) is 0 Å². The number of hydrogen-bond donors (Lipinski definition) is 0. The van der Waals surface area contributed by atoms with Crippen LogP contribution in [0.4, 0.5) is 4.79 Å². The van der Waals surface area contributed by atoms with Crippen molar-refractivity contribution in [3.05, 3.63) is 0 Å². The van der Waals surface area contributed by atoms with E-state index in [-0.39, 0.29) is 12.4 Å². The predicted molar refractivity (Wildman–Crippen MR) is 56.4 cm³/mol. The molecule has 1 aliphatic rings. The smallest absolute Gasteiger partial charge is 0.367 e. The fourth-order valence-corrected chi connectivity index (χ4v) is 1.13. The number of carbonyl (C=O) groups excluding carboxylic acids is 2. The molecular weight excluding hydrogens is 196 g/mol. The first-order valence-electron chi connectivity index (χ1n) is 5.03.